The predicted molar refractivity (Wildman–Crippen MR) is 96.3 cm³/mol. The number of fused-ring (bicyclic) bond motifs is 1. The molecule has 0 aliphatic carbocycles. The van der Waals surface area contributed by atoms with Crippen molar-refractivity contribution in [3.63, 3.8) is 0 Å². The first kappa shape index (κ1) is 17.3. The van der Waals surface area contributed by atoms with Crippen LogP contribution in [0.3, 0.4) is 0 Å². The van der Waals surface area contributed by atoms with Gasteiger partial charge in [-0.3, -0.25) is 4.79 Å². The molecule has 0 unspecified atom stereocenters. The van der Waals surface area contributed by atoms with Crippen molar-refractivity contribution >= 4 is 17.4 Å². The number of morpholine rings is 1. The lowest BCUT2D eigenvalue weighted by Gasteiger charge is -2.27. The Balaban J connectivity index is 1.43. The van der Waals surface area contributed by atoms with Gasteiger partial charge in [-0.1, -0.05) is 6.07 Å². The van der Waals surface area contributed by atoms with Gasteiger partial charge in [0.2, 0.25) is 0 Å². The highest BCUT2D eigenvalue weighted by Gasteiger charge is 2.15. The molecule has 1 amide bonds. The van der Waals surface area contributed by atoms with Crippen molar-refractivity contribution in [2.24, 2.45) is 0 Å². The summed E-state index contributed by atoms with van der Waals surface area (Å²) < 4.78 is 20.3. The van der Waals surface area contributed by atoms with E-state index in [2.05, 4.69) is 25.5 Å². The zero-order chi connectivity index (χ0) is 18.6. The van der Waals surface area contributed by atoms with Crippen molar-refractivity contribution in [1.29, 1.82) is 0 Å². The molecule has 0 bridgehead atoms. The first-order chi connectivity index (χ1) is 13.2. The molecule has 1 aliphatic heterocycles. The molecule has 27 heavy (non-hydrogen) atoms. The second-order valence-electron chi connectivity index (χ2n) is 6.19. The zero-order valence-corrected chi connectivity index (χ0v) is 14.6. The quantitative estimate of drug-likeness (QED) is 0.723. The minimum absolute atomic E-state index is 0.286. The zero-order valence-electron chi connectivity index (χ0n) is 14.6. The third kappa shape index (κ3) is 3.87. The summed E-state index contributed by atoms with van der Waals surface area (Å²) in [6.07, 6.45) is 0.460. The first-order valence-corrected chi connectivity index (χ1v) is 8.78. The number of ether oxygens (including phenoxy) is 1. The molecular formula is C18H19FN6O2. The minimum Gasteiger partial charge on any atom is -0.378 e. The number of carbonyl (C=O) groups is 1. The molecule has 1 aromatic carbocycles. The molecule has 0 spiro atoms. The monoisotopic (exact) mass is 370 g/mol. The SMILES string of the molecule is O=C(NCCc1nnc2ccc(N3CCOCC3)nn12)c1cccc(F)c1. The van der Waals surface area contributed by atoms with E-state index in [9.17, 15) is 9.18 Å². The summed E-state index contributed by atoms with van der Waals surface area (Å²) in [6.45, 7) is 3.29. The van der Waals surface area contributed by atoms with Gasteiger partial charge in [-0.05, 0) is 30.3 Å². The van der Waals surface area contributed by atoms with Crippen LogP contribution in [0.4, 0.5) is 10.2 Å². The van der Waals surface area contributed by atoms with Crippen LogP contribution in [0.15, 0.2) is 36.4 Å². The first-order valence-electron chi connectivity index (χ1n) is 8.78. The average molecular weight is 370 g/mol. The van der Waals surface area contributed by atoms with Gasteiger partial charge in [0.1, 0.15) is 11.6 Å². The van der Waals surface area contributed by atoms with Crippen LogP contribution in [0, 0.1) is 5.82 Å². The average Bonchev–Trinajstić information content (AvgIpc) is 3.11. The van der Waals surface area contributed by atoms with E-state index in [1.807, 2.05) is 12.1 Å². The normalized spacial score (nSPS) is 14.5. The van der Waals surface area contributed by atoms with Gasteiger partial charge in [0.25, 0.3) is 5.91 Å². The smallest absolute Gasteiger partial charge is 0.251 e. The number of nitrogens with zero attached hydrogens (tertiary/aromatic N) is 5. The predicted octanol–water partition coefficient (Wildman–Crippen LogP) is 1.07. The number of aromatic nitrogens is 4. The molecule has 1 aliphatic rings. The van der Waals surface area contributed by atoms with E-state index < -0.39 is 5.82 Å². The van der Waals surface area contributed by atoms with Crippen LogP contribution >= 0.6 is 0 Å². The van der Waals surface area contributed by atoms with Crippen LogP contribution in [-0.2, 0) is 11.2 Å². The highest BCUT2D eigenvalue weighted by Crippen LogP contribution is 2.14. The minimum atomic E-state index is -0.439. The molecule has 1 N–H and O–H groups in total. The molecule has 0 saturated carbocycles. The fraction of sp³-hybridized carbons (Fsp3) is 0.333. The van der Waals surface area contributed by atoms with Crippen molar-refractivity contribution in [3.8, 4) is 0 Å². The van der Waals surface area contributed by atoms with Crippen LogP contribution in [-0.4, -0.2) is 58.6 Å². The van der Waals surface area contributed by atoms with Gasteiger partial charge in [-0.2, -0.15) is 4.52 Å². The van der Waals surface area contributed by atoms with Gasteiger partial charge in [0.05, 0.1) is 13.2 Å². The van der Waals surface area contributed by atoms with Gasteiger partial charge in [0, 0.05) is 31.6 Å². The van der Waals surface area contributed by atoms with Gasteiger partial charge in [0.15, 0.2) is 11.5 Å². The van der Waals surface area contributed by atoms with E-state index in [-0.39, 0.29) is 11.5 Å². The Hall–Kier alpha value is -3.07. The summed E-state index contributed by atoms with van der Waals surface area (Å²) in [5, 5.41) is 15.7. The van der Waals surface area contributed by atoms with Crippen molar-refractivity contribution < 1.29 is 13.9 Å². The number of benzene rings is 1. The Kier molecular flexibility index (Phi) is 4.93. The maximum Gasteiger partial charge on any atom is 0.251 e. The molecule has 140 valence electrons. The van der Waals surface area contributed by atoms with Crippen molar-refractivity contribution in [3.05, 3.63) is 53.6 Å². The summed E-state index contributed by atoms with van der Waals surface area (Å²) >= 11 is 0. The Morgan fingerprint density at radius 2 is 2.04 bits per heavy atom. The van der Waals surface area contributed by atoms with E-state index in [4.69, 9.17) is 4.74 Å². The number of hydrogen-bond donors (Lipinski definition) is 1. The topological polar surface area (TPSA) is 84.7 Å². The number of nitrogens with one attached hydrogen (secondary N) is 1. The number of rotatable bonds is 5. The maximum atomic E-state index is 13.2. The summed E-state index contributed by atoms with van der Waals surface area (Å²) in [7, 11) is 0. The molecular weight excluding hydrogens is 351 g/mol. The van der Waals surface area contributed by atoms with Crippen LogP contribution < -0.4 is 10.2 Å². The lowest BCUT2D eigenvalue weighted by Crippen LogP contribution is -2.37. The number of amides is 1. The van der Waals surface area contributed by atoms with Crippen molar-refractivity contribution in [2.45, 2.75) is 6.42 Å². The molecule has 1 fully saturated rings. The summed E-state index contributed by atoms with van der Waals surface area (Å²) in [4.78, 5) is 14.2. The third-order valence-electron chi connectivity index (χ3n) is 4.37. The third-order valence-corrected chi connectivity index (χ3v) is 4.37. The fourth-order valence-electron chi connectivity index (χ4n) is 2.96. The number of carbonyl (C=O) groups excluding carboxylic acids is 1. The summed E-state index contributed by atoms with van der Waals surface area (Å²) in [5.41, 5.74) is 0.937. The molecule has 2 aromatic heterocycles. The highest BCUT2D eigenvalue weighted by molar-refractivity contribution is 5.94. The Morgan fingerprint density at radius 1 is 1.19 bits per heavy atom. The lowest BCUT2D eigenvalue weighted by molar-refractivity contribution is 0.0953. The Morgan fingerprint density at radius 3 is 2.85 bits per heavy atom. The molecule has 3 aromatic rings. The van der Waals surface area contributed by atoms with Crippen LogP contribution in [0.5, 0.6) is 0 Å². The Labute approximate surface area is 155 Å². The molecule has 9 heteroatoms. The van der Waals surface area contributed by atoms with Gasteiger partial charge in [-0.15, -0.1) is 15.3 Å². The summed E-state index contributed by atoms with van der Waals surface area (Å²) in [5.74, 6) is 0.728. The molecule has 0 radical (unpaired) electrons. The van der Waals surface area contributed by atoms with Gasteiger partial charge >= 0.3 is 0 Å². The molecule has 1 saturated heterocycles. The maximum absolute atomic E-state index is 13.2. The van der Waals surface area contributed by atoms with Crippen molar-refractivity contribution in [1.82, 2.24) is 25.1 Å². The van der Waals surface area contributed by atoms with E-state index in [1.165, 1.54) is 18.2 Å². The van der Waals surface area contributed by atoms with Gasteiger partial charge in [-0.25, -0.2) is 4.39 Å². The second-order valence-corrected chi connectivity index (χ2v) is 6.19. The van der Waals surface area contributed by atoms with Crippen LogP contribution in [0.2, 0.25) is 0 Å². The molecule has 8 nitrogen and oxygen atoms in total. The Bertz CT molecular complexity index is 954. The standard InChI is InChI=1S/C18H19FN6O2/c19-14-3-1-2-13(12-14)18(26)20-7-6-16-22-21-15-4-5-17(23-25(15)16)24-8-10-27-11-9-24/h1-5,12H,6-11H2,(H,20,26). The van der Waals surface area contributed by atoms with E-state index in [0.29, 0.717) is 37.7 Å². The lowest BCUT2D eigenvalue weighted by atomic mass is 10.2. The largest absolute Gasteiger partial charge is 0.378 e. The van der Waals surface area contributed by atoms with E-state index in [0.717, 1.165) is 18.9 Å². The highest BCUT2D eigenvalue weighted by atomic mass is 19.1. The van der Waals surface area contributed by atoms with Crippen LogP contribution in [0.25, 0.3) is 5.65 Å². The summed E-state index contributed by atoms with van der Waals surface area (Å²) in [6, 6.07) is 9.38. The second kappa shape index (κ2) is 7.67. The molecule has 0 atom stereocenters. The number of hydrogen-bond acceptors (Lipinski definition) is 6. The van der Waals surface area contributed by atoms with Crippen molar-refractivity contribution in [2.75, 3.05) is 37.7 Å². The number of halogens is 1. The number of anilines is 1. The van der Waals surface area contributed by atoms with Crippen LogP contribution in [0.1, 0.15) is 16.2 Å². The fourth-order valence-corrected chi connectivity index (χ4v) is 2.96. The van der Waals surface area contributed by atoms with Gasteiger partial charge < -0.3 is 15.0 Å². The molecule has 3 heterocycles. The van der Waals surface area contributed by atoms with E-state index >= 15 is 0 Å². The van der Waals surface area contributed by atoms with E-state index in [1.54, 1.807) is 10.6 Å². The molecule has 4 rings (SSSR count).